The third-order valence-electron chi connectivity index (χ3n) is 3.60. The molecule has 0 aromatic heterocycles. The molecule has 0 spiro atoms. The lowest BCUT2D eigenvalue weighted by molar-refractivity contribution is 0.302. The second kappa shape index (κ2) is 11.8. The van der Waals surface area contributed by atoms with Crippen molar-refractivity contribution in [2.45, 2.75) is 79.6 Å². The zero-order valence-electron chi connectivity index (χ0n) is 13.0. The minimum Gasteiger partial charge on any atom is -0.493 e. The van der Waals surface area contributed by atoms with Crippen molar-refractivity contribution in [3.8, 4) is 5.75 Å². The highest BCUT2D eigenvalue weighted by Gasteiger charge is 1.99. The molecule has 0 radical (unpaired) electrons. The number of rotatable bonds is 10. The molecule has 1 rings (SSSR count). The van der Waals surface area contributed by atoms with E-state index in [0.717, 1.165) is 12.4 Å². The molecule has 0 aliphatic carbocycles. The number of hydrogen-bond acceptors (Lipinski definition) is 1. The number of ether oxygens (including phenoxy) is 1. The predicted octanol–water partition coefficient (Wildman–Crippen LogP) is 6.46. The maximum absolute atomic E-state index is 5.86. The standard InChI is InChI=1S/C18H30O.CH4/c1-4-5-6-7-8-9-10-11-14-19-18-15-16(2)12-13-17(18)3;/h12-13,15H,4-11,14H2,1-3H3;1H4. The molecular formula is C19H34O. The first-order chi connectivity index (χ1) is 9.24. The van der Waals surface area contributed by atoms with E-state index >= 15 is 0 Å². The number of unbranched alkanes of at least 4 members (excludes halogenated alkanes) is 7. The van der Waals surface area contributed by atoms with E-state index in [2.05, 4.69) is 39.0 Å². The average Bonchev–Trinajstić information content (AvgIpc) is 2.40. The van der Waals surface area contributed by atoms with E-state index in [1.54, 1.807) is 0 Å². The van der Waals surface area contributed by atoms with E-state index in [9.17, 15) is 0 Å². The van der Waals surface area contributed by atoms with Gasteiger partial charge in [0.05, 0.1) is 6.61 Å². The normalized spacial score (nSPS) is 10.2. The van der Waals surface area contributed by atoms with Gasteiger partial charge in [0.1, 0.15) is 5.75 Å². The second-order valence-electron chi connectivity index (χ2n) is 5.59. The van der Waals surface area contributed by atoms with E-state index in [-0.39, 0.29) is 7.43 Å². The maximum Gasteiger partial charge on any atom is 0.122 e. The molecule has 0 bridgehead atoms. The molecule has 20 heavy (non-hydrogen) atoms. The van der Waals surface area contributed by atoms with Gasteiger partial charge in [-0.05, 0) is 37.5 Å². The van der Waals surface area contributed by atoms with Crippen LogP contribution in [0.4, 0.5) is 0 Å². The third kappa shape index (κ3) is 8.24. The van der Waals surface area contributed by atoms with Crippen molar-refractivity contribution < 1.29 is 4.74 Å². The minimum absolute atomic E-state index is 0. The maximum atomic E-state index is 5.86. The Morgan fingerprint density at radius 2 is 1.45 bits per heavy atom. The van der Waals surface area contributed by atoms with Gasteiger partial charge in [0.25, 0.3) is 0 Å². The van der Waals surface area contributed by atoms with Gasteiger partial charge in [0.2, 0.25) is 0 Å². The molecule has 116 valence electrons. The Bertz CT molecular complexity index is 344. The average molecular weight is 278 g/mol. The Labute approximate surface area is 126 Å². The lowest BCUT2D eigenvalue weighted by atomic mass is 10.1. The lowest BCUT2D eigenvalue weighted by Crippen LogP contribution is -1.99. The summed E-state index contributed by atoms with van der Waals surface area (Å²) in [6.07, 6.45) is 10.8. The van der Waals surface area contributed by atoms with Crippen molar-refractivity contribution in [2.24, 2.45) is 0 Å². The molecule has 0 atom stereocenters. The van der Waals surface area contributed by atoms with Crippen molar-refractivity contribution in [3.63, 3.8) is 0 Å². The van der Waals surface area contributed by atoms with Crippen LogP contribution >= 0.6 is 0 Å². The van der Waals surface area contributed by atoms with Gasteiger partial charge in [0.15, 0.2) is 0 Å². The molecule has 1 nitrogen and oxygen atoms in total. The first-order valence-electron chi connectivity index (χ1n) is 7.94. The lowest BCUT2D eigenvalue weighted by Gasteiger charge is -2.09. The first-order valence-corrected chi connectivity index (χ1v) is 7.94. The van der Waals surface area contributed by atoms with Gasteiger partial charge in [-0.25, -0.2) is 0 Å². The highest BCUT2D eigenvalue weighted by atomic mass is 16.5. The van der Waals surface area contributed by atoms with Crippen LogP contribution in [0.3, 0.4) is 0 Å². The Balaban J connectivity index is 0.00000361. The monoisotopic (exact) mass is 278 g/mol. The summed E-state index contributed by atoms with van der Waals surface area (Å²) in [5.41, 5.74) is 2.52. The van der Waals surface area contributed by atoms with Crippen LogP contribution < -0.4 is 4.74 Å². The Morgan fingerprint density at radius 3 is 2.10 bits per heavy atom. The third-order valence-corrected chi connectivity index (χ3v) is 3.60. The van der Waals surface area contributed by atoms with Gasteiger partial charge in [-0.2, -0.15) is 0 Å². The summed E-state index contributed by atoms with van der Waals surface area (Å²) in [6.45, 7) is 7.36. The highest BCUT2D eigenvalue weighted by Crippen LogP contribution is 2.19. The summed E-state index contributed by atoms with van der Waals surface area (Å²) in [6, 6.07) is 6.41. The van der Waals surface area contributed by atoms with Gasteiger partial charge in [0, 0.05) is 0 Å². The van der Waals surface area contributed by atoms with Gasteiger partial charge >= 0.3 is 0 Å². The fourth-order valence-corrected chi connectivity index (χ4v) is 2.28. The van der Waals surface area contributed by atoms with Gasteiger partial charge in [-0.1, -0.05) is 71.4 Å². The van der Waals surface area contributed by atoms with Crippen LogP contribution in [0.1, 0.15) is 76.8 Å². The van der Waals surface area contributed by atoms with Crippen LogP contribution in [0.5, 0.6) is 5.75 Å². The fraction of sp³-hybridized carbons (Fsp3) is 0.684. The van der Waals surface area contributed by atoms with Crippen molar-refractivity contribution in [1.82, 2.24) is 0 Å². The van der Waals surface area contributed by atoms with Crippen LogP contribution in [0, 0.1) is 13.8 Å². The number of hydrogen-bond donors (Lipinski definition) is 0. The molecule has 0 saturated heterocycles. The van der Waals surface area contributed by atoms with Crippen LogP contribution in [0.2, 0.25) is 0 Å². The second-order valence-corrected chi connectivity index (χ2v) is 5.59. The number of benzene rings is 1. The van der Waals surface area contributed by atoms with Gasteiger partial charge in [-0.15, -0.1) is 0 Å². The summed E-state index contributed by atoms with van der Waals surface area (Å²) in [7, 11) is 0. The van der Waals surface area contributed by atoms with E-state index in [1.807, 2.05) is 0 Å². The van der Waals surface area contributed by atoms with Gasteiger partial charge in [-0.3, -0.25) is 0 Å². The molecule has 0 amide bonds. The van der Waals surface area contributed by atoms with E-state index < -0.39 is 0 Å². The number of aryl methyl sites for hydroxylation is 2. The van der Waals surface area contributed by atoms with E-state index in [1.165, 1.54) is 62.5 Å². The molecule has 1 heteroatoms. The molecular weight excluding hydrogens is 244 g/mol. The molecule has 0 fully saturated rings. The van der Waals surface area contributed by atoms with E-state index in [0.29, 0.717) is 0 Å². The molecule has 0 aliphatic rings. The van der Waals surface area contributed by atoms with Crippen molar-refractivity contribution in [2.75, 3.05) is 6.61 Å². The summed E-state index contributed by atoms with van der Waals surface area (Å²) in [5, 5.41) is 0. The highest BCUT2D eigenvalue weighted by molar-refractivity contribution is 5.35. The summed E-state index contributed by atoms with van der Waals surface area (Å²) >= 11 is 0. The summed E-state index contributed by atoms with van der Waals surface area (Å²) < 4.78 is 5.86. The molecule has 0 aliphatic heterocycles. The quantitative estimate of drug-likeness (QED) is 0.446. The van der Waals surface area contributed by atoms with Crippen LogP contribution in [-0.4, -0.2) is 6.61 Å². The van der Waals surface area contributed by atoms with Crippen LogP contribution in [0.25, 0.3) is 0 Å². The molecule has 0 unspecified atom stereocenters. The van der Waals surface area contributed by atoms with Crippen molar-refractivity contribution >= 4 is 0 Å². The Morgan fingerprint density at radius 1 is 0.850 bits per heavy atom. The Hall–Kier alpha value is -0.980. The summed E-state index contributed by atoms with van der Waals surface area (Å²) in [5.74, 6) is 1.06. The summed E-state index contributed by atoms with van der Waals surface area (Å²) in [4.78, 5) is 0. The predicted molar refractivity (Wildman–Crippen MR) is 90.8 cm³/mol. The molecule has 0 heterocycles. The SMILES string of the molecule is C.CCCCCCCCCCOc1cc(C)ccc1C. The first kappa shape index (κ1) is 19.0. The fourth-order valence-electron chi connectivity index (χ4n) is 2.28. The smallest absolute Gasteiger partial charge is 0.122 e. The van der Waals surface area contributed by atoms with Crippen molar-refractivity contribution in [3.05, 3.63) is 29.3 Å². The van der Waals surface area contributed by atoms with E-state index in [4.69, 9.17) is 4.74 Å². The molecule has 0 N–H and O–H groups in total. The van der Waals surface area contributed by atoms with Gasteiger partial charge < -0.3 is 4.74 Å². The van der Waals surface area contributed by atoms with Crippen LogP contribution in [0.15, 0.2) is 18.2 Å². The van der Waals surface area contributed by atoms with Crippen molar-refractivity contribution in [1.29, 1.82) is 0 Å². The minimum atomic E-state index is 0. The molecule has 0 saturated carbocycles. The molecule has 1 aromatic rings. The Kier molecular flexibility index (Phi) is 11.2. The molecule has 1 aromatic carbocycles. The zero-order chi connectivity index (χ0) is 13.9. The zero-order valence-corrected chi connectivity index (χ0v) is 13.0. The topological polar surface area (TPSA) is 9.23 Å². The largest absolute Gasteiger partial charge is 0.493 e. The van der Waals surface area contributed by atoms with Crippen LogP contribution in [-0.2, 0) is 0 Å².